The molecule has 2 N–H and O–H groups in total. The monoisotopic (exact) mass is 416 g/mol. The number of halogens is 1. The fraction of sp³-hybridized carbons (Fsp3) is 0.929. The first-order chi connectivity index (χ1) is 9.74. The van der Waals surface area contributed by atoms with E-state index in [4.69, 9.17) is 9.47 Å². The second kappa shape index (κ2) is 17.9. The van der Waals surface area contributed by atoms with Gasteiger partial charge < -0.3 is 25.0 Å². The van der Waals surface area contributed by atoms with E-state index in [1.165, 1.54) is 0 Å². The van der Waals surface area contributed by atoms with Crippen molar-refractivity contribution in [3.63, 3.8) is 0 Å². The molecule has 0 aliphatic heterocycles. The van der Waals surface area contributed by atoms with Crippen molar-refractivity contribution in [2.24, 2.45) is 4.99 Å². The second-order valence-electron chi connectivity index (χ2n) is 4.63. The van der Waals surface area contributed by atoms with E-state index in [0.29, 0.717) is 0 Å². The largest absolute Gasteiger partial charge is 0.383 e. The predicted molar refractivity (Wildman–Crippen MR) is 99.9 cm³/mol. The summed E-state index contributed by atoms with van der Waals surface area (Å²) in [6.45, 7) is 8.20. The van der Waals surface area contributed by atoms with Crippen LogP contribution in [0.1, 0.15) is 19.8 Å². The molecule has 0 aliphatic rings. The molecule has 0 heterocycles. The Balaban J connectivity index is 0. The molecule has 0 unspecified atom stereocenters. The van der Waals surface area contributed by atoms with Crippen LogP contribution in [0.25, 0.3) is 0 Å². The van der Waals surface area contributed by atoms with E-state index < -0.39 is 0 Å². The third-order valence-corrected chi connectivity index (χ3v) is 2.87. The molecule has 0 aromatic rings. The van der Waals surface area contributed by atoms with Gasteiger partial charge in [0.05, 0.1) is 6.61 Å². The van der Waals surface area contributed by atoms with Crippen LogP contribution in [0.15, 0.2) is 4.99 Å². The number of hydrogen-bond acceptors (Lipinski definition) is 4. The molecule has 0 radical (unpaired) electrons. The summed E-state index contributed by atoms with van der Waals surface area (Å²) < 4.78 is 10.3. The summed E-state index contributed by atoms with van der Waals surface area (Å²) >= 11 is 0. The van der Waals surface area contributed by atoms with Gasteiger partial charge in [0.15, 0.2) is 5.96 Å². The van der Waals surface area contributed by atoms with Gasteiger partial charge in [0, 0.05) is 47.0 Å². The Bertz CT molecular complexity index is 243. The van der Waals surface area contributed by atoms with Crippen molar-refractivity contribution < 1.29 is 9.47 Å². The van der Waals surface area contributed by atoms with E-state index in [0.717, 1.165) is 64.8 Å². The number of nitrogens with zero attached hydrogens (tertiary/aromatic N) is 2. The number of nitrogens with one attached hydrogen (secondary N) is 2. The molecule has 128 valence electrons. The molecular formula is C14H33IN4O2. The lowest BCUT2D eigenvalue weighted by molar-refractivity contribution is 0.145. The number of hydrogen-bond donors (Lipinski definition) is 2. The number of guanidine groups is 1. The van der Waals surface area contributed by atoms with Gasteiger partial charge in [-0.1, -0.05) is 0 Å². The van der Waals surface area contributed by atoms with Gasteiger partial charge >= 0.3 is 0 Å². The zero-order valence-corrected chi connectivity index (χ0v) is 16.3. The number of likely N-dealkylation sites (N-methyl/N-ethyl adjacent to an activating group) is 1. The normalized spacial score (nSPS) is 11.4. The fourth-order valence-electron chi connectivity index (χ4n) is 1.66. The second-order valence-corrected chi connectivity index (χ2v) is 4.63. The maximum Gasteiger partial charge on any atom is 0.190 e. The van der Waals surface area contributed by atoms with E-state index in [1.807, 2.05) is 6.92 Å². The molecule has 0 saturated heterocycles. The van der Waals surface area contributed by atoms with Crippen LogP contribution in [0.2, 0.25) is 0 Å². The average Bonchev–Trinajstić information content (AvgIpc) is 2.47. The van der Waals surface area contributed by atoms with Crippen molar-refractivity contribution in [3.8, 4) is 0 Å². The Morgan fingerprint density at radius 3 is 2.33 bits per heavy atom. The van der Waals surface area contributed by atoms with Crippen LogP contribution < -0.4 is 10.6 Å². The van der Waals surface area contributed by atoms with Crippen LogP contribution in [0.3, 0.4) is 0 Å². The molecule has 0 saturated carbocycles. The van der Waals surface area contributed by atoms with Crippen LogP contribution in [-0.2, 0) is 9.47 Å². The Kier molecular flexibility index (Phi) is 19.8. The summed E-state index contributed by atoms with van der Waals surface area (Å²) in [6, 6.07) is 0. The van der Waals surface area contributed by atoms with Crippen molar-refractivity contribution in [2.45, 2.75) is 19.8 Å². The quantitative estimate of drug-likeness (QED) is 0.217. The molecule has 6 nitrogen and oxygen atoms in total. The summed E-state index contributed by atoms with van der Waals surface area (Å²) in [7, 11) is 5.64. The van der Waals surface area contributed by atoms with Gasteiger partial charge in [-0.3, -0.25) is 4.99 Å². The molecule has 0 atom stereocenters. The SMILES string of the molecule is CCOCCCNC(=NC)NCCCN(C)CCOC.I. The van der Waals surface area contributed by atoms with E-state index >= 15 is 0 Å². The first kappa shape index (κ1) is 23.2. The van der Waals surface area contributed by atoms with Crippen LogP contribution in [0, 0.1) is 0 Å². The van der Waals surface area contributed by atoms with Gasteiger partial charge in [-0.05, 0) is 33.4 Å². The molecule has 0 rings (SSSR count). The zero-order valence-electron chi connectivity index (χ0n) is 14.0. The third kappa shape index (κ3) is 16.1. The van der Waals surface area contributed by atoms with Crippen molar-refractivity contribution in [1.82, 2.24) is 15.5 Å². The maximum absolute atomic E-state index is 5.29. The topological polar surface area (TPSA) is 58.1 Å². The van der Waals surface area contributed by atoms with E-state index in [9.17, 15) is 0 Å². The molecule has 0 fully saturated rings. The number of methoxy groups -OCH3 is 1. The van der Waals surface area contributed by atoms with Crippen molar-refractivity contribution in [3.05, 3.63) is 0 Å². The predicted octanol–water partition coefficient (Wildman–Crippen LogP) is 1.16. The lowest BCUT2D eigenvalue weighted by Crippen LogP contribution is -2.39. The van der Waals surface area contributed by atoms with Crippen molar-refractivity contribution >= 4 is 29.9 Å². The Morgan fingerprint density at radius 2 is 1.76 bits per heavy atom. The van der Waals surface area contributed by atoms with Crippen molar-refractivity contribution in [1.29, 1.82) is 0 Å². The summed E-state index contributed by atoms with van der Waals surface area (Å²) in [4.78, 5) is 6.46. The van der Waals surface area contributed by atoms with Gasteiger partial charge in [-0.15, -0.1) is 24.0 Å². The number of ether oxygens (including phenoxy) is 2. The summed E-state index contributed by atoms with van der Waals surface area (Å²) in [5.41, 5.74) is 0. The van der Waals surface area contributed by atoms with Gasteiger partial charge in [-0.2, -0.15) is 0 Å². The molecule has 0 amide bonds. The molecule has 21 heavy (non-hydrogen) atoms. The highest BCUT2D eigenvalue weighted by atomic mass is 127. The van der Waals surface area contributed by atoms with Crippen LogP contribution in [0.4, 0.5) is 0 Å². The van der Waals surface area contributed by atoms with Gasteiger partial charge in [0.2, 0.25) is 0 Å². The average molecular weight is 416 g/mol. The van der Waals surface area contributed by atoms with Gasteiger partial charge in [0.1, 0.15) is 0 Å². The summed E-state index contributed by atoms with van der Waals surface area (Å²) in [5, 5.41) is 6.59. The van der Waals surface area contributed by atoms with Crippen LogP contribution in [0.5, 0.6) is 0 Å². The highest BCUT2D eigenvalue weighted by Crippen LogP contribution is 1.87. The van der Waals surface area contributed by atoms with Crippen LogP contribution in [-0.4, -0.2) is 78.1 Å². The highest BCUT2D eigenvalue weighted by molar-refractivity contribution is 14.0. The first-order valence-electron chi connectivity index (χ1n) is 7.44. The van der Waals surface area contributed by atoms with Crippen LogP contribution >= 0.6 is 24.0 Å². The summed E-state index contributed by atoms with van der Waals surface area (Å²) in [6.07, 6.45) is 2.08. The standard InChI is InChI=1S/C14H32N4O2.HI/c1-5-20-12-7-9-17-14(15-2)16-8-6-10-18(3)11-13-19-4;/h5-13H2,1-4H3,(H2,15,16,17);1H. The Morgan fingerprint density at radius 1 is 1.10 bits per heavy atom. The van der Waals surface area contributed by atoms with E-state index in [1.54, 1.807) is 14.2 Å². The lowest BCUT2D eigenvalue weighted by Gasteiger charge is -2.17. The molecule has 0 bridgehead atoms. The molecule has 0 spiro atoms. The van der Waals surface area contributed by atoms with E-state index in [-0.39, 0.29) is 24.0 Å². The Hall–Kier alpha value is -0.120. The molecular weight excluding hydrogens is 383 g/mol. The van der Waals surface area contributed by atoms with E-state index in [2.05, 4.69) is 27.6 Å². The lowest BCUT2D eigenvalue weighted by atomic mass is 10.4. The molecule has 7 heteroatoms. The van der Waals surface area contributed by atoms with Crippen molar-refractivity contribution in [2.75, 3.05) is 67.2 Å². The maximum atomic E-state index is 5.29. The molecule has 0 aromatic heterocycles. The summed E-state index contributed by atoms with van der Waals surface area (Å²) in [5.74, 6) is 0.862. The molecule has 0 aliphatic carbocycles. The number of aliphatic imine (C=N–C) groups is 1. The van der Waals surface area contributed by atoms with Gasteiger partial charge in [-0.25, -0.2) is 0 Å². The zero-order chi connectivity index (χ0) is 15.1. The minimum absolute atomic E-state index is 0. The minimum Gasteiger partial charge on any atom is -0.383 e. The highest BCUT2D eigenvalue weighted by Gasteiger charge is 1.99. The first-order valence-corrected chi connectivity index (χ1v) is 7.44. The molecule has 0 aromatic carbocycles. The minimum atomic E-state index is 0. The van der Waals surface area contributed by atoms with Gasteiger partial charge in [0.25, 0.3) is 0 Å². The number of rotatable bonds is 12. The smallest absolute Gasteiger partial charge is 0.190 e. The fourth-order valence-corrected chi connectivity index (χ4v) is 1.66. The third-order valence-electron chi connectivity index (χ3n) is 2.87. The Labute approximate surface area is 147 Å².